The predicted octanol–water partition coefficient (Wildman–Crippen LogP) is 4.00. The molecule has 0 bridgehead atoms. The largest absolute Gasteiger partial charge is 0.496 e. The van der Waals surface area contributed by atoms with Crippen LogP contribution in [0.2, 0.25) is 0 Å². The van der Waals surface area contributed by atoms with Crippen LogP contribution in [0.25, 0.3) is 0 Å². The molecule has 0 atom stereocenters. The topological polar surface area (TPSA) is 84.9 Å². The number of rotatable bonds is 7. The fourth-order valence-corrected chi connectivity index (χ4v) is 3.57. The Balaban J connectivity index is 2.53. The van der Waals surface area contributed by atoms with E-state index in [1.54, 1.807) is 37.3 Å². The Hall–Kier alpha value is -3.35. The van der Waals surface area contributed by atoms with Crippen molar-refractivity contribution >= 4 is 17.8 Å². The van der Waals surface area contributed by atoms with Crippen LogP contribution in [-0.4, -0.2) is 42.0 Å². The third kappa shape index (κ3) is 5.28. The minimum absolute atomic E-state index is 0.150. The molecule has 2 aromatic rings. The van der Waals surface area contributed by atoms with Crippen LogP contribution in [-0.2, 0) is 16.0 Å². The molecule has 1 N–H and O–H groups in total. The number of carbonyl (C=O) groups is 3. The van der Waals surface area contributed by atoms with Crippen molar-refractivity contribution in [3.05, 3.63) is 64.2 Å². The lowest BCUT2D eigenvalue weighted by Gasteiger charge is -2.36. The Morgan fingerprint density at radius 3 is 2.19 bits per heavy atom. The van der Waals surface area contributed by atoms with Crippen LogP contribution in [0.3, 0.4) is 0 Å². The number of carbonyl (C=O) groups excluding carboxylic acids is 3. The van der Waals surface area contributed by atoms with Gasteiger partial charge in [0.1, 0.15) is 5.75 Å². The van der Waals surface area contributed by atoms with Crippen LogP contribution in [0.1, 0.15) is 65.1 Å². The number of nitrogens with zero attached hydrogens (tertiary/aromatic N) is 1. The molecule has 0 fully saturated rings. The van der Waals surface area contributed by atoms with Crippen LogP contribution in [0, 0.1) is 13.8 Å². The normalized spacial score (nSPS) is 11.0. The molecular formula is C25H32N2O5. The van der Waals surface area contributed by atoms with Crippen LogP contribution in [0.5, 0.6) is 5.75 Å². The third-order valence-electron chi connectivity index (χ3n) is 5.17. The molecule has 2 rings (SSSR count). The van der Waals surface area contributed by atoms with Gasteiger partial charge in [0, 0.05) is 16.7 Å². The highest BCUT2D eigenvalue weighted by atomic mass is 16.5. The zero-order chi connectivity index (χ0) is 24.1. The van der Waals surface area contributed by atoms with E-state index in [-0.39, 0.29) is 6.61 Å². The molecule has 32 heavy (non-hydrogen) atoms. The molecular weight excluding hydrogens is 408 g/mol. The maximum atomic E-state index is 13.5. The number of amides is 2. The zero-order valence-electron chi connectivity index (χ0n) is 19.9. The van der Waals surface area contributed by atoms with Gasteiger partial charge in [0.2, 0.25) is 0 Å². The van der Waals surface area contributed by atoms with Crippen molar-refractivity contribution in [3.63, 3.8) is 0 Å². The van der Waals surface area contributed by atoms with Gasteiger partial charge in [-0.1, -0.05) is 30.2 Å². The lowest BCUT2D eigenvalue weighted by atomic mass is 10.0. The van der Waals surface area contributed by atoms with E-state index in [1.807, 2.05) is 26.8 Å². The number of hydrazine groups is 1. The van der Waals surface area contributed by atoms with Crippen LogP contribution < -0.4 is 10.2 Å². The second kappa shape index (κ2) is 10.3. The van der Waals surface area contributed by atoms with E-state index in [2.05, 4.69) is 5.43 Å². The Morgan fingerprint density at radius 1 is 1.03 bits per heavy atom. The number of methoxy groups -OCH3 is 1. The molecule has 0 aliphatic carbocycles. The summed E-state index contributed by atoms with van der Waals surface area (Å²) in [5.41, 5.74) is 4.44. The summed E-state index contributed by atoms with van der Waals surface area (Å²) in [4.78, 5) is 39.5. The van der Waals surface area contributed by atoms with E-state index >= 15 is 0 Å². The summed E-state index contributed by atoms with van der Waals surface area (Å²) in [6.07, 6.45) is 0.555. The monoisotopic (exact) mass is 440 g/mol. The highest BCUT2D eigenvalue weighted by Crippen LogP contribution is 2.24. The molecule has 172 valence electrons. The first-order valence-corrected chi connectivity index (χ1v) is 10.6. The number of benzene rings is 2. The van der Waals surface area contributed by atoms with Gasteiger partial charge in [0.25, 0.3) is 11.8 Å². The van der Waals surface area contributed by atoms with Gasteiger partial charge in [-0.15, -0.1) is 0 Å². The average Bonchev–Trinajstić information content (AvgIpc) is 2.75. The number of nitrogens with one attached hydrogen (secondary N) is 1. The minimum atomic E-state index is -1.45. The van der Waals surface area contributed by atoms with Crippen LogP contribution in [0.4, 0.5) is 0 Å². The summed E-state index contributed by atoms with van der Waals surface area (Å²) in [6, 6.07) is 10.5. The molecule has 0 aliphatic heterocycles. The zero-order valence-corrected chi connectivity index (χ0v) is 19.9. The molecule has 0 spiro atoms. The predicted molar refractivity (Wildman–Crippen MR) is 123 cm³/mol. The molecule has 0 saturated carbocycles. The molecule has 0 heterocycles. The number of ether oxygens (including phenoxy) is 2. The van der Waals surface area contributed by atoms with Crippen molar-refractivity contribution in [3.8, 4) is 5.75 Å². The molecule has 0 aliphatic rings. The smallest absolute Gasteiger partial charge is 0.333 e. The Labute approximate surface area is 189 Å². The molecule has 2 aromatic carbocycles. The fourth-order valence-electron chi connectivity index (χ4n) is 3.57. The van der Waals surface area contributed by atoms with E-state index in [4.69, 9.17) is 9.47 Å². The van der Waals surface area contributed by atoms with E-state index in [1.165, 1.54) is 21.0 Å². The molecule has 0 aromatic heterocycles. The van der Waals surface area contributed by atoms with Gasteiger partial charge in [-0.3, -0.25) is 15.0 Å². The minimum Gasteiger partial charge on any atom is -0.496 e. The molecule has 7 heteroatoms. The summed E-state index contributed by atoms with van der Waals surface area (Å²) in [5.74, 6) is -1.07. The molecule has 0 unspecified atom stereocenters. The van der Waals surface area contributed by atoms with Crippen LogP contribution in [0.15, 0.2) is 36.4 Å². The number of hydrogen-bond acceptors (Lipinski definition) is 5. The number of aryl methyl sites for hydroxylation is 2. The van der Waals surface area contributed by atoms with Gasteiger partial charge >= 0.3 is 5.97 Å². The first-order chi connectivity index (χ1) is 15.1. The van der Waals surface area contributed by atoms with Gasteiger partial charge in [-0.25, -0.2) is 9.80 Å². The van der Waals surface area contributed by atoms with E-state index < -0.39 is 23.3 Å². The second-order valence-electron chi connectivity index (χ2n) is 8.08. The Kier molecular flexibility index (Phi) is 8.02. The van der Waals surface area contributed by atoms with Gasteiger partial charge in [0.15, 0.2) is 5.54 Å². The average molecular weight is 441 g/mol. The lowest BCUT2D eigenvalue weighted by Crippen LogP contribution is -2.61. The van der Waals surface area contributed by atoms with Gasteiger partial charge < -0.3 is 9.47 Å². The highest BCUT2D eigenvalue weighted by molar-refractivity contribution is 6.02. The van der Waals surface area contributed by atoms with E-state index in [0.717, 1.165) is 16.1 Å². The van der Waals surface area contributed by atoms with Gasteiger partial charge in [-0.2, -0.15) is 0 Å². The van der Waals surface area contributed by atoms with Crippen LogP contribution >= 0.6 is 0 Å². The molecule has 7 nitrogen and oxygen atoms in total. The van der Waals surface area contributed by atoms with Crippen molar-refractivity contribution in [1.29, 1.82) is 0 Å². The first-order valence-electron chi connectivity index (χ1n) is 10.6. The van der Waals surface area contributed by atoms with Crippen molar-refractivity contribution in [2.24, 2.45) is 0 Å². The van der Waals surface area contributed by atoms with Gasteiger partial charge in [-0.05, 0) is 65.3 Å². The fraction of sp³-hybridized carbons (Fsp3) is 0.400. The number of esters is 1. The maximum absolute atomic E-state index is 13.5. The van der Waals surface area contributed by atoms with E-state index in [9.17, 15) is 14.4 Å². The summed E-state index contributed by atoms with van der Waals surface area (Å²) in [6.45, 7) is 10.6. The molecule has 0 radical (unpaired) electrons. The highest BCUT2D eigenvalue weighted by Gasteiger charge is 2.41. The molecule has 2 amide bonds. The summed E-state index contributed by atoms with van der Waals surface area (Å²) in [7, 11) is 1.54. The summed E-state index contributed by atoms with van der Waals surface area (Å²) in [5, 5.41) is 1.06. The summed E-state index contributed by atoms with van der Waals surface area (Å²) >= 11 is 0. The van der Waals surface area contributed by atoms with Gasteiger partial charge in [0.05, 0.1) is 13.7 Å². The van der Waals surface area contributed by atoms with E-state index in [0.29, 0.717) is 28.9 Å². The first kappa shape index (κ1) is 24.9. The third-order valence-corrected chi connectivity index (χ3v) is 5.17. The lowest BCUT2D eigenvalue weighted by molar-refractivity contribution is -0.155. The van der Waals surface area contributed by atoms with Crippen molar-refractivity contribution in [1.82, 2.24) is 10.4 Å². The standard InChI is InChI=1S/C25H32N2O5/c1-8-19-20(11-10-12-21(19)31-7)22(28)26-27(25(5,6)24(30)32-9-2)23(29)18-14-16(3)13-17(4)15-18/h10-15H,8-9H2,1-7H3,(H,26,28). The van der Waals surface area contributed by atoms with Crippen molar-refractivity contribution in [2.75, 3.05) is 13.7 Å². The van der Waals surface area contributed by atoms with Crippen molar-refractivity contribution in [2.45, 2.75) is 53.5 Å². The van der Waals surface area contributed by atoms with Crippen molar-refractivity contribution < 1.29 is 23.9 Å². The Bertz CT molecular complexity index is 993. The SMILES string of the molecule is CCOC(=O)C(C)(C)N(NC(=O)c1cccc(OC)c1CC)C(=O)c1cc(C)cc(C)c1. The Morgan fingerprint density at radius 2 is 1.66 bits per heavy atom. The maximum Gasteiger partial charge on any atom is 0.333 e. The molecule has 0 saturated heterocycles. The second-order valence-corrected chi connectivity index (χ2v) is 8.08. The number of hydrogen-bond donors (Lipinski definition) is 1. The summed E-state index contributed by atoms with van der Waals surface area (Å²) < 4.78 is 10.6. The quantitative estimate of drug-likeness (QED) is 0.520.